The summed E-state index contributed by atoms with van der Waals surface area (Å²) in [4.78, 5) is 12.2. The number of carbonyl (C=O) groups is 1. The minimum absolute atomic E-state index is 0.0593. The third kappa shape index (κ3) is 6.69. The molecule has 0 saturated heterocycles. The van der Waals surface area contributed by atoms with Crippen LogP contribution in [0.3, 0.4) is 0 Å². The van der Waals surface area contributed by atoms with Gasteiger partial charge < -0.3 is 10.6 Å². The summed E-state index contributed by atoms with van der Waals surface area (Å²) in [6.07, 6.45) is 0.823. The zero-order chi connectivity index (χ0) is 22.4. The fraction of sp³-hybridized carbons (Fsp3) is 0.158. The number of sulfonamides is 1. The van der Waals surface area contributed by atoms with E-state index >= 15 is 0 Å². The molecular weight excluding hydrogens is 478 g/mol. The number of amides is 1. The molecule has 3 N–H and O–H groups in total. The number of nitrogens with one attached hydrogen (secondary N) is 3. The van der Waals surface area contributed by atoms with Crippen molar-refractivity contribution in [2.45, 2.75) is 24.7 Å². The molecule has 0 bridgehead atoms. The van der Waals surface area contributed by atoms with E-state index in [0.717, 1.165) is 10.6 Å². The second-order valence-corrected chi connectivity index (χ2v) is 9.88. The highest BCUT2D eigenvalue weighted by Crippen LogP contribution is 2.21. The average molecular weight is 496 g/mol. The number of nitrogens with zero attached hydrogens (tertiary/aromatic N) is 2. The highest BCUT2D eigenvalue weighted by molar-refractivity contribution is 7.93. The van der Waals surface area contributed by atoms with Crippen LogP contribution in [-0.4, -0.2) is 29.6 Å². The van der Waals surface area contributed by atoms with Crippen molar-refractivity contribution in [3.8, 4) is 0 Å². The van der Waals surface area contributed by atoms with E-state index in [1.54, 1.807) is 36.4 Å². The third-order valence-electron chi connectivity index (χ3n) is 3.94. The topological polar surface area (TPSA) is 113 Å². The number of thiocarbonyl (C=S) groups is 1. The molecule has 0 aliphatic rings. The number of benzene rings is 2. The first-order valence-electron chi connectivity index (χ1n) is 9.05. The molecule has 31 heavy (non-hydrogen) atoms. The van der Waals surface area contributed by atoms with Crippen LogP contribution in [0.2, 0.25) is 5.02 Å². The summed E-state index contributed by atoms with van der Waals surface area (Å²) in [5, 5.41) is 14.8. The zero-order valence-electron chi connectivity index (χ0n) is 16.3. The van der Waals surface area contributed by atoms with Crippen molar-refractivity contribution in [2.75, 3.05) is 10.0 Å². The lowest BCUT2D eigenvalue weighted by atomic mass is 10.1. The standard InChI is InChI=1S/C19H18ClN5O3S3/c1-2-17-23-24-19(30-17)25-31(27,28)15-9-7-14(8-10-15)21-18(29)22-16(26)11-12-3-5-13(20)6-4-12/h3-10H,2,11H2,1H3,(H,24,25)(H2,21,22,26,29). The van der Waals surface area contributed by atoms with Crippen LogP contribution in [0.15, 0.2) is 53.4 Å². The molecule has 3 aromatic rings. The van der Waals surface area contributed by atoms with Crippen molar-refractivity contribution in [1.29, 1.82) is 0 Å². The van der Waals surface area contributed by atoms with Gasteiger partial charge in [-0.3, -0.25) is 9.52 Å². The Morgan fingerprint density at radius 2 is 1.77 bits per heavy atom. The molecule has 12 heteroatoms. The van der Waals surface area contributed by atoms with Crippen molar-refractivity contribution in [2.24, 2.45) is 0 Å². The van der Waals surface area contributed by atoms with Gasteiger partial charge in [0.2, 0.25) is 11.0 Å². The Morgan fingerprint density at radius 1 is 1.10 bits per heavy atom. The van der Waals surface area contributed by atoms with Crippen LogP contribution in [0.5, 0.6) is 0 Å². The lowest BCUT2D eigenvalue weighted by molar-refractivity contribution is -0.119. The molecule has 1 heterocycles. The lowest BCUT2D eigenvalue weighted by Gasteiger charge is -2.11. The van der Waals surface area contributed by atoms with E-state index in [9.17, 15) is 13.2 Å². The van der Waals surface area contributed by atoms with Gasteiger partial charge in [-0.25, -0.2) is 8.42 Å². The first-order chi connectivity index (χ1) is 14.7. The van der Waals surface area contributed by atoms with Crippen molar-refractivity contribution in [1.82, 2.24) is 15.5 Å². The predicted molar refractivity (Wildman–Crippen MR) is 126 cm³/mol. The van der Waals surface area contributed by atoms with Gasteiger partial charge >= 0.3 is 0 Å². The van der Waals surface area contributed by atoms with E-state index in [1.165, 1.54) is 23.5 Å². The maximum Gasteiger partial charge on any atom is 0.263 e. The van der Waals surface area contributed by atoms with Gasteiger partial charge in [0.1, 0.15) is 5.01 Å². The first-order valence-corrected chi connectivity index (χ1v) is 12.1. The number of aryl methyl sites for hydroxylation is 1. The Hall–Kier alpha value is -2.60. The molecule has 0 aliphatic carbocycles. The van der Waals surface area contributed by atoms with Gasteiger partial charge in [-0.05, 0) is 60.6 Å². The van der Waals surface area contributed by atoms with Crippen LogP contribution in [0.25, 0.3) is 0 Å². The molecule has 8 nitrogen and oxygen atoms in total. The Balaban J connectivity index is 1.56. The summed E-state index contributed by atoms with van der Waals surface area (Å²) < 4.78 is 27.4. The second-order valence-electron chi connectivity index (χ2n) is 6.29. The summed E-state index contributed by atoms with van der Waals surface area (Å²) >= 11 is 12.2. The quantitative estimate of drug-likeness (QED) is 0.429. The van der Waals surface area contributed by atoms with Gasteiger partial charge in [0.25, 0.3) is 10.0 Å². The van der Waals surface area contributed by atoms with Crippen LogP contribution < -0.4 is 15.4 Å². The van der Waals surface area contributed by atoms with E-state index in [4.69, 9.17) is 23.8 Å². The van der Waals surface area contributed by atoms with Crippen LogP contribution in [-0.2, 0) is 27.7 Å². The van der Waals surface area contributed by atoms with Gasteiger partial charge in [-0.2, -0.15) is 0 Å². The maximum absolute atomic E-state index is 12.5. The summed E-state index contributed by atoms with van der Waals surface area (Å²) in [5.41, 5.74) is 1.33. The van der Waals surface area contributed by atoms with Gasteiger partial charge in [0.05, 0.1) is 11.3 Å². The molecule has 0 atom stereocenters. The number of aromatic nitrogens is 2. The second kappa shape index (κ2) is 10.1. The molecule has 2 aromatic carbocycles. The van der Waals surface area contributed by atoms with E-state index in [1.807, 2.05) is 6.92 Å². The van der Waals surface area contributed by atoms with Crippen LogP contribution in [0.1, 0.15) is 17.5 Å². The maximum atomic E-state index is 12.5. The van der Waals surface area contributed by atoms with Crippen molar-refractivity contribution in [3.05, 3.63) is 64.1 Å². The molecule has 1 amide bonds. The minimum atomic E-state index is -3.79. The average Bonchev–Trinajstić information content (AvgIpc) is 3.17. The number of halogens is 1. The lowest BCUT2D eigenvalue weighted by Crippen LogP contribution is -2.35. The van der Waals surface area contributed by atoms with Crippen LogP contribution in [0.4, 0.5) is 10.8 Å². The molecular formula is C19H18ClN5O3S3. The Kier molecular flexibility index (Phi) is 7.55. The monoisotopic (exact) mass is 495 g/mol. The number of rotatable bonds is 7. The number of hydrogen-bond donors (Lipinski definition) is 3. The molecule has 0 spiro atoms. The Bertz CT molecular complexity index is 1180. The van der Waals surface area contributed by atoms with Gasteiger partial charge in [-0.1, -0.05) is 42.0 Å². The van der Waals surface area contributed by atoms with Crippen LogP contribution >= 0.6 is 35.2 Å². The van der Waals surface area contributed by atoms with Gasteiger partial charge in [0.15, 0.2) is 5.11 Å². The number of carbonyl (C=O) groups excluding carboxylic acids is 1. The van der Waals surface area contributed by atoms with E-state index in [0.29, 0.717) is 17.1 Å². The fourth-order valence-electron chi connectivity index (χ4n) is 2.45. The normalized spacial score (nSPS) is 11.0. The summed E-state index contributed by atoms with van der Waals surface area (Å²) in [5.74, 6) is -0.285. The van der Waals surface area contributed by atoms with Gasteiger partial charge in [-0.15, -0.1) is 10.2 Å². The SMILES string of the molecule is CCc1nnc(NS(=O)(=O)c2ccc(NC(=S)NC(=O)Cc3ccc(Cl)cc3)cc2)s1. The van der Waals surface area contributed by atoms with Crippen LogP contribution in [0, 0.1) is 0 Å². The van der Waals surface area contributed by atoms with E-state index < -0.39 is 10.0 Å². The van der Waals surface area contributed by atoms with Gasteiger partial charge in [0, 0.05) is 10.7 Å². The van der Waals surface area contributed by atoms with E-state index in [-0.39, 0.29) is 27.5 Å². The molecule has 3 rings (SSSR count). The summed E-state index contributed by atoms with van der Waals surface area (Å²) in [7, 11) is -3.79. The Morgan fingerprint density at radius 3 is 2.39 bits per heavy atom. The minimum Gasteiger partial charge on any atom is -0.332 e. The molecule has 0 saturated carbocycles. The van der Waals surface area contributed by atoms with Crippen molar-refractivity contribution < 1.29 is 13.2 Å². The fourth-order valence-corrected chi connectivity index (χ4v) is 4.72. The largest absolute Gasteiger partial charge is 0.332 e. The highest BCUT2D eigenvalue weighted by Gasteiger charge is 2.17. The molecule has 0 radical (unpaired) electrons. The number of hydrogen-bond acceptors (Lipinski definition) is 7. The molecule has 0 fully saturated rings. The summed E-state index contributed by atoms with van der Waals surface area (Å²) in [6.45, 7) is 1.91. The third-order valence-corrected chi connectivity index (χ3v) is 6.87. The van der Waals surface area contributed by atoms with Crippen molar-refractivity contribution >= 4 is 67.0 Å². The molecule has 0 unspecified atom stereocenters. The molecule has 1 aromatic heterocycles. The smallest absolute Gasteiger partial charge is 0.263 e. The summed E-state index contributed by atoms with van der Waals surface area (Å²) in [6, 6.07) is 12.9. The molecule has 162 valence electrons. The number of anilines is 2. The van der Waals surface area contributed by atoms with E-state index in [2.05, 4.69) is 25.6 Å². The first kappa shape index (κ1) is 23.1. The zero-order valence-corrected chi connectivity index (χ0v) is 19.5. The predicted octanol–water partition coefficient (Wildman–Crippen LogP) is 3.61. The Labute approximate surface area is 194 Å². The molecule has 0 aliphatic heterocycles. The van der Waals surface area contributed by atoms with Crippen molar-refractivity contribution in [3.63, 3.8) is 0 Å². The highest BCUT2D eigenvalue weighted by atomic mass is 35.5.